The first-order valence-corrected chi connectivity index (χ1v) is 6.97. The molecule has 1 aliphatic carbocycles. The molecule has 0 radical (unpaired) electrons. The van der Waals surface area contributed by atoms with Crippen LogP contribution in [-0.4, -0.2) is 48.8 Å². The van der Waals surface area contributed by atoms with Gasteiger partial charge in [-0.25, -0.2) is 0 Å². The van der Waals surface area contributed by atoms with Crippen molar-refractivity contribution in [1.82, 2.24) is 10.2 Å². The summed E-state index contributed by atoms with van der Waals surface area (Å²) in [6, 6.07) is 0. The SMILES string of the molecule is OC(CCN1CCNCC1)C1CCCCC1. The van der Waals surface area contributed by atoms with Crippen molar-refractivity contribution in [3.05, 3.63) is 0 Å². The lowest BCUT2D eigenvalue weighted by Crippen LogP contribution is -2.44. The Bertz CT molecular complexity index is 186. The predicted octanol–water partition coefficient (Wildman–Crippen LogP) is 1.22. The van der Waals surface area contributed by atoms with Crippen molar-refractivity contribution in [1.29, 1.82) is 0 Å². The Morgan fingerprint density at radius 3 is 2.50 bits per heavy atom. The Morgan fingerprint density at radius 1 is 1.12 bits per heavy atom. The average Bonchev–Trinajstić information content (AvgIpc) is 2.38. The molecule has 16 heavy (non-hydrogen) atoms. The van der Waals surface area contributed by atoms with Crippen molar-refractivity contribution in [3.8, 4) is 0 Å². The van der Waals surface area contributed by atoms with E-state index in [9.17, 15) is 5.11 Å². The van der Waals surface area contributed by atoms with Gasteiger partial charge in [-0.05, 0) is 25.2 Å². The maximum atomic E-state index is 10.2. The minimum absolute atomic E-state index is 0.0461. The summed E-state index contributed by atoms with van der Waals surface area (Å²) in [6.45, 7) is 5.60. The van der Waals surface area contributed by atoms with Crippen LogP contribution in [0.4, 0.5) is 0 Å². The molecule has 0 aromatic carbocycles. The highest BCUT2D eigenvalue weighted by molar-refractivity contribution is 4.75. The van der Waals surface area contributed by atoms with E-state index in [1.807, 2.05) is 0 Å². The van der Waals surface area contributed by atoms with E-state index >= 15 is 0 Å². The van der Waals surface area contributed by atoms with Gasteiger partial charge >= 0.3 is 0 Å². The summed E-state index contributed by atoms with van der Waals surface area (Å²) < 4.78 is 0. The first kappa shape index (κ1) is 12.3. The zero-order valence-corrected chi connectivity index (χ0v) is 10.3. The van der Waals surface area contributed by atoms with Crippen LogP contribution < -0.4 is 5.32 Å². The Hall–Kier alpha value is -0.120. The third-order valence-electron chi connectivity index (χ3n) is 4.14. The number of hydrogen-bond acceptors (Lipinski definition) is 3. The van der Waals surface area contributed by atoms with Gasteiger partial charge in [-0.1, -0.05) is 19.3 Å². The van der Waals surface area contributed by atoms with Gasteiger partial charge in [0.05, 0.1) is 6.10 Å². The highest BCUT2D eigenvalue weighted by Gasteiger charge is 2.22. The molecule has 1 saturated heterocycles. The summed E-state index contributed by atoms with van der Waals surface area (Å²) in [5.41, 5.74) is 0. The highest BCUT2D eigenvalue weighted by atomic mass is 16.3. The summed E-state index contributed by atoms with van der Waals surface area (Å²) in [6.07, 6.45) is 7.47. The second-order valence-electron chi connectivity index (χ2n) is 5.35. The van der Waals surface area contributed by atoms with E-state index in [1.54, 1.807) is 0 Å². The number of nitrogens with one attached hydrogen (secondary N) is 1. The number of aliphatic hydroxyl groups excluding tert-OH is 1. The first-order valence-electron chi connectivity index (χ1n) is 6.97. The van der Waals surface area contributed by atoms with Crippen LogP contribution in [0, 0.1) is 5.92 Å². The molecule has 0 aromatic heterocycles. The third-order valence-corrected chi connectivity index (χ3v) is 4.14. The molecule has 1 heterocycles. The van der Waals surface area contributed by atoms with E-state index in [2.05, 4.69) is 10.2 Å². The van der Waals surface area contributed by atoms with Crippen molar-refractivity contribution < 1.29 is 5.11 Å². The van der Waals surface area contributed by atoms with E-state index in [-0.39, 0.29) is 6.10 Å². The number of nitrogens with zero attached hydrogens (tertiary/aromatic N) is 1. The van der Waals surface area contributed by atoms with Crippen LogP contribution in [0.3, 0.4) is 0 Å². The molecule has 3 heteroatoms. The summed E-state index contributed by atoms with van der Waals surface area (Å²) in [5.74, 6) is 0.594. The molecule has 1 unspecified atom stereocenters. The molecular weight excluding hydrogens is 200 g/mol. The molecule has 0 aromatic rings. The van der Waals surface area contributed by atoms with Gasteiger partial charge in [0.15, 0.2) is 0 Å². The van der Waals surface area contributed by atoms with E-state index in [0.717, 1.165) is 39.1 Å². The van der Waals surface area contributed by atoms with Crippen molar-refractivity contribution in [2.45, 2.75) is 44.6 Å². The van der Waals surface area contributed by atoms with Crippen LogP contribution in [0.1, 0.15) is 38.5 Å². The molecule has 2 N–H and O–H groups in total. The van der Waals surface area contributed by atoms with Crippen LogP contribution in [0.5, 0.6) is 0 Å². The Labute approximate surface area is 99.2 Å². The zero-order chi connectivity index (χ0) is 11.2. The number of piperazine rings is 1. The van der Waals surface area contributed by atoms with Gasteiger partial charge in [0.2, 0.25) is 0 Å². The molecule has 1 saturated carbocycles. The standard InChI is InChI=1S/C13H26N2O/c16-13(12-4-2-1-3-5-12)6-9-15-10-7-14-8-11-15/h12-14,16H,1-11H2. The molecule has 2 fully saturated rings. The summed E-state index contributed by atoms with van der Waals surface area (Å²) in [5, 5.41) is 13.5. The zero-order valence-electron chi connectivity index (χ0n) is 10.3. The number of rotatable bonds is 4. The Morgan fingerprint density at radius 2 is 1.81 bits per heavy atom. The highest BCUT2D eigenvalue weighted by Crippen LogP contribution is 2.27. The second-order valence-corrected chi connectivity index (χ2v) is 5.35. The van der Waals surface area contributed by atoms with Crippen molar-refractivity contribution in [2.24, 2.45) is 5.92 Å². The fourth-order valence-electron chi connectivity index (χ4n) is 3.00. The first-order chi connectivity index (χ1) is 7.86. The van der Waals surface area contributed by atoms with Gasteiger partial charge in [-0.3, -0.25) is 0 Å². The topological polar surface area (TPSA) is 35.5 Å². The van der Waals surface area contributed by atoms with Crippen LogP contribution in [0.25, 0.3) is 0 Å². The molecule has 1 aliphatic heterocycles. The van der Waals surface area contributed by atoms with Gasteiger partial charge in [-0.15, -0.1) is 0 Å². The normalized spacial score (nSPS) is 26.8. The van der Waals surface area contributed by atoms with E-state index < -0.39 is 0 Å². The fourth-order valence-corrected chi connectivity index (χ4v) is 3.00. The van der Waals surface area contributed by atoms with Gasteiger partial charge < -0.3 is 15.3 Å². The lowest BCUT2D eigenvalue weighted by atomic mass is 9.84. The molecule has 2 rings (SSSR count). The second kappa shape index (κ2) is 6.58. The summed E-state index contributed by atoms with van der Waals surface area (Å²) in [4.78, 5) is 2.47. The summed E-state index contributed by atoms with van der Waals surface area (Å²) in [7, 11) is 0. The molecular formula is C13H26N2O. The molecule has 3 nitrogen and oxygen atoms in total. The molecule has 0 amide bonds. The smallest absolute Gasteiger partial charge is 0.0580 e. The largest absolute Gasteiger partial charge is 0.393 e. The summed E-state index contributed by atoms with van der Waals surface area (Å²) >= 11 is 0. The molecule has 94 valence electrons. The molecule has 0 bridgehead atoms. The van der Waals surface area contributed by atoms with E-state index in [4.69, 9.17) is 0 Å². The number of aliphatic hydroxyl groups is 1. The quantitative estimate of drug-likeness (QED) is 0.756. The van der Waals surface area contributed by atoms with Gasteiger partial charge in [0.1, 0.15) is 0 Å². The van der Waals surface area contributed by atoms with Gasteiger partial charge in [0.25, 0.3) is 0 Å². The Balaban J connectivity index is 1.63. The van der Waals surface area contributed by atoms with Crippen LogP contribution in [-0.2, 0) is 0 Å². The van der Waals surface area contributed by atoms with Crippen LogP contribution in [0.15, 0.2) is 0 Å². The maximum Gasteiger partial charge on any atom is 0.0580 e. The van der Waals surface area contributed by atoms with Crippen LogP contribution in [0.2, 0.25) is 0 Å². The van der Waals surface area contributed by atoms with Crippen LogP contribution >= 0.6 is 0 Å². The predicted molar refractivity (Wildman–Crippen MR) is 66.5 cm³/mol. The molecule has 0 spiro atoms. The lowest BCUT2D eigenvalue weighted by Gasteiger charge is -2.31. The number of hydrogen-bond donors (Lipinski definition) is 2. The average molecular weight is 226 g/mol. The van der Waals surface area contributed by atoms with E-state index in [1.165, 1.54) is 32.1 Å². The van der Waals surface area contributed by atoms with Crippen molar-refractivity contribution in [2.75, 3.05) is 32.7 Å². The molecule has 2 aliphatic rings. The van der Waals surface area contributed by atoms with E-state index in [0.29, 0.717) is 5.92 Å². The van der Waals surface area contributed by atoms with Gasteiger partial charge in [0, 0.05) is 32.7 Å². The Kier molecular flexibility index (Phi) is 5.07. The van der Waals surface area contributed by atoms with Crippen molar-refractivity contribution >= 4 is 0 Å². The molecule has 1 atom stereocenters. The minimum atomic E-state index is -0.0461. The third kappa shape index (κ3) is 3.72. The fraction of sp³-hybridized carbons (Fsp3) is 1.00. The minimum Gasteiger partial charge on any atom is -0.393 e. The monoisotopic (exact) mass is 226 g/mol. The maximum absolute atomic E-state index is 10.2. The van der Waals surface area contributed by atoms with Gasteiger partial charge in [-0.2, -0.15) is 0 Å². The lowest BCUT2D eigenvalue weighted by molar-refractivity contribution is 0.0645. The van der Waals surface area contributed by atoms with Crippen molar-refractivity contribution in [3.63, 3.8) is 0 Å².